The van der Waals surface area contributed by atoms with E-state index in [1.54, 1.807) is 6.92 Å². The van der Waals surface area contributed by atoms with Gasteiger partial charge in [0, 0.05) is 6.04 Å². The molecule has 5 heteroatoms. The lowest BCUT2D eigenvalue weighted by atomic mass is 10.0. The molecule has 1 saturated carbocycles. The highest BCUT2D eigenvalue weighted by Gasteiger charge is 2.23. The molecule has 1 aliphatic rings. The molecular weight excluding hydrogens is 268 g/mol. The Labute approximate surface area is 125 Å². The van der Waals surface area contributed by atoms with Gasteiger partial charge in [0.1, 0.15) is 0 Å². The summed E-state index contributed by atoms with van der Waals surface area (Å²) in [4.78, 5) is 23.7. The molecule has 0 aromatic heterocycles. The molecule has 0 aliphatic heterocycles. The molecule has 0 bridgehead atoms. The van der Waals surface area contributed by atoms with Gasteiger partial charge in [-0.1, -0.05) is 30.3 Å². The summed E-state index contributed by atoms with van der Waals surface area (Å²) in [6.07, 6.45) is 2.42. The molecule has 1 atom stereocenters. The Morgan fingerprint density at radius 2 is 2.00 bits per heavy atom. The van der Waals surface area contributed by atoms with Crippen LogP contribution in [0.15, 0.2) is 30.3 Å². The molecule has 0 saturated heterocycles. The van der Waals surface area contributed by atoms with Crippen molar-refractivity contribution in [2.24, 2.45) is 0 Å². The summed E-state index contributed by atoms with van der Waals surface area (Å²) >= 11 is 0. The smallest absolute Gasteiger partial charge is 0.308 e. The van der Waals surface area contributed by atoms with Gasteiger partial charge in [-0.15, -0.1) is 0 Å². The minimum absolute atomic E-state index is 0.0972. The number of hydrogen-bond acceptors (Lipinski definition) is 4. The average Bonchev–Trinajstić information content (AvgIpc) is 3.30. The summed E-state index contributed by atoms with van der Waals surface area (Å²) in [6, 6.07) is 9.62. The van der Waals surface area contributed by atoms with Crippen molar-refractivity contribution in [1.29, 1.82) is 0 Å². The zero-order valence-electron chi connectivity index (χ0n) is 12.3. The fraction of sp³-hybridized carbons (Fsp3) is 0.500. The Balaban J connectivity index is 1.93. The van der Waals surface area contributed by atoms with Gasteiger partial charge in [0.25, 0.3) is 0 Å². The zero-order valence-corrected chi connectivity index (χ0v) is 12.3. The summed E-state index contributed by atoms with van der Waals surface area (Å²) in [6.45, 7) is 2.40. The largest absolute Gasteiger partial charge is 0.466 e. The third kappa shape index (κ3) is 5.55. The lowest BCUT2D eigenvalue weighted by molar-refractivity contribution is -0.143. The van der Waals surface area contributed by atoms with Gasteiger partial charge in [0.2, 0.25) is 5.91 Å². The van der Waals surface area contributed by atoms with E-state index in [1.807, 2.05) is 30.3 Å². The first-order valence-corrected chi connectivity index (χ1v) is 7.42. The van der Waals surface area contributed by atoms with Crippen molar-refractivity contribution in [3.05, 3.63) is 35.9 Å². The SMILES string of the molecule is CCOC(=O)CC(NC(=O)CNC1CC1)c1ccccc1. The highest BCUT2D eigenvalue weighted by Crippen LogP contribution is 2.19. The first-order valence-electron chi connectivity index (χ1n) is 7.42. The number of ether oxygens (including phenoxy) is 1. The Hall–Kier alpha value is -1.88. The van der Waals surface area contributed by atoms with E-state index in [2.05, 4.69) is 10.6 Å². The highest BCUT2D eigenvalue weighted by atomic mass is 16.5. The number of rotatable bonds is 8. The Morgan fingerprint density at radius 3 is 2.62 bits per heavy atom. The van der Waals surface area contributed by atoms with Crippen LogP contribution in [0.5, 0.6) is 0 Å². The van der Waals surface area contributed by atoms with E-state index < -0.39 is 0 Å². The Bertz CT molecular complexity index is 472. The van der Waals surface area contributed by atoms with Crippen LogP contribution in [0.4, 0.5) is 0 Å². The van der Waals surface area contributed by atoms with Crippen molar-refractivity contribution >= 4 is 11.9 Å². The molecule has 1 fully saturated rings. The second kappa shape index (κ2) is 7.78. The number of nitrogens with one attached hydrogen (secondary N) is 2. The fourth-order valence-electron chi connectivity index (χ4n) is 2.09. The molecule has 1 aliphatic carbocycles. The van der Waals surface area contributed by atoms with Crippen LogP contribution in [0.2, 0.25) is 0 Å². The summed E-state index contributed by atoms with van der Waals surface area (Å²) in [7, 11) is 0. The van der Waals surface area contributed by atoms with E-state index in [-0.39, 0.29) is 30.9 Å². The molecular formula is C16H22N2O3. The van der Waals surface area contributed by atoms with Crippen LogP contribution >= 0.6 is 0 Å². The Morgan fingerprint density at radius 1 is 1.29 bits per heavy atom. The van der Waals surface area contributed by atoms with E-state index in [9.17, 15) is 9.59 Å². The maximum atomic E-state index is 12.0. The van der Waals surface area contributed by atoms with Gasteiger partial charge in [-0.2, -0.15) is 0 Å². The van der Waals surface area contributed by atoms with Crippen molar-refractivity contribution in [2.75, 3.05) is 13.2 Å². The van der Waals surface area contributed by atoms with Gasteiger partial charge in [-0.05, 0) is 25.3 Å². The maximum Gasteiger partial charge on any atom is 0.308 e. The predicted octanol–water partition coefficient (Wildman–Crippen LogP) is 1.55. The summed E-state index contributed by atoms with van der Waals surface area (Å²) in [5.41, 5.74) is 0.908. The minimum atomic E-state index is -0.348. The molecule has 0 spiro atoms. The molecule has 114 valence electrons. The van der Waals surface area contributed by atoms with Crippen LogP contribution in [0.25, 0.3) is 0 Å². The zero-order chi connectivity index (χ0) is 15.1. The summed E-state index contributed by atoms with van der Waals surface area (Å²) < 4.78 is 4.98. The van der Waals surface area contributed by atoms with E-state index in [4.69, 9.17) is 4.74 Å². The van der Waals surface area contributed by atoms with Crippen molar-refractivity contribution in [3.63, 3.8) is 0 Å². The lowest BCUT2D eigenvalue weighted by Crippen LogP contribution is -2.38. The van der Waals surface area contributed by atoms with Gasteiger partial charge in [0.05, 0.1) is 25.6 Å². The first-order chi connectivity index (χ1) is 10.2. The van der Waals surface area contributed by atoms with Crippen LogP contribution in [-0.4, -0.2) is 31.1 Å². The number of esters is 1. The molecule has 2 N–H and O–H groups in total. The third-order valence-corrected chi connectivity index (χ3v) is 3.34. The first kappa shape index (κ1) is 15.5. The molecule has 5 nitrogen and oxygen atoms in total. The van der Waals surface area contributed by atoms with Gasteiger partial charge in [-0.3, -0.25) is 9.59 Å². The summed E-state index contributed by atoms with van der Waals surface area (Å²) in [5.74, 6) is -0.401. The third-order valence-electron chi connectivity index (χ3n) is 3.34. The number of hydrogen-bond donors (Lipinski definition) is 2. The second-order valence-corrected chi connectivity index (χ2v) is 5.20. The number of carbonyl (C=O) groups excluding carboxylic acids is 2. The van der Waals surface area contributed by atoms with Crippen molar-refractivity contribution in [2.45, 2.75) is 38.3 Å². The van der Waals surface area contributed by atoms with E-state index in [1.165, 1.54) is 0 Å². The van der Waals surface area contributed by atoms with E-state index in [0.717, 1.165) is 18.4 Å². The van der Waals surface area contributed by atoms with Crippen LogP contribution in [0.1, 0.15) is 37.8 Å². The molecule has 1 amide bonds. The van der Waals surface area contributed by atoms with Gasteiger partial charge < -0.3 is 15.4 Å². The predicted molar refractivity (Wildman–Crippen MR) is 79.6 cm³/mol. The van der Waals surface area contributed by atoms with Gasteiger partial charge >= 0.3 is 5.97 Å². The van der Waals surface area contributed by atoms with Crippen molar-refractivity contribution in [1.82, 2.24) is 10.6 Å². The molecule has 1 aromatic carbocycles. The molecule has 21 heavy (non-hydrogen) atoms. The van der Waals surface area contributed by atoms with Crippen molar-refractivity contribution < 1.29 is 14.3 Å². The van der Waals surface area contributed by atoms with Gasteiger partial charge in [-0.25, -0.2) is 0 Å². The maximum absolute atomic E-state index is 12.0. The molecule has 1 unspecified atom stereocenters. The monoisotopic (exact) mass is 290 g/mol. The summed E-state index contributed by atoms with van der Waals surface area (Å²) in [5, 5.41) is 6.07. The standard InChI is InChI=1S/C16H22N2O3/c1-2-21-16(20)10-14(12-6-4-3-5-7-12)18-15(19)11-17-13-8-9-13/h3-7,13-14,17H,2,8-11H2,1H3,(H,18,19). The molecule has 0 radical (unpaired) electrons. The normalized spacial score (nSPS) is 15.3. The molecule has 1 aromatic rings. The number of benzene rings is 1. The average molecular weight is 290 g/mol. The highest BCUT2D eigenvalue weighted by molar-refractivity contribution is 5.79. The lowest BCUT2D eigenvalue weighted by Gasteiger charge is -2.18. The van der Waals surface area contributed by atoms with Gasteiger partial charge in [0.15, 0.2) is 0 Å². The fourth-order valence-corrected chi connectivity index (χ4v) is 2.09. The van der Waals surface area contributed by atoms with E-state index >= 15 is 0 Å². The number of carbonyl (C=O) groups is 2. The minimum Gasteiger partial charge on any atom is -0.466 e. The number of amides is 1. The molecule has 2 rings (SSSR count). The molecule has 0 heterocycles. The second-order valence-electron chi connectivity index (χ2n) is 5.20. The van der Waals surface area contributed by atoms with Crippen LogP contribution in [-0.2, 0) is 14.3 Å². The topological polar surface area (TPSA) is 67.4 Å². The van der Waals surface area contributed by atoms with E-state index in [0.29, 0.717) is 12.6 Å². The van der Waals surface area contributed by atoms with Crippen LogP contribution in [0, 0.1) is 0 Å². The van der Waals surface area contributed by atoms with Crippen LogP contribution in [0.3, 0.4) is 0 Å². The van der Waals surface area contributed by atoms with Crippen molar-refractivity contribution in [3.8, 4) is 0 Å². The van der Waals surface area contributed by atoms with Crippen LogP contribution < -0.4 is 10.6 Å². The quantitative estimate of drug-likeness (QED) is 0.713. The Kier molecular flexibility index (Phi) is 5.75.